The summed E-state index contributed by atoms with van der Waals surface area (Å²) in [4.78, 5) is 4.02. The van der Waals surface area contributed by atoms with Gasteiger partial charge in [-0.25, -0.2) is 4.98 Å². The van der Waals surface area contributed by atoms with E-state index in [4.69, 9.17) is 0 Å². The van der Waals surface area contributed by atoms with Crippen LogP contribution in [0.1, 0.15) is 17.5 Å². The Labute approximate surface area is 65.9 Å². The number of aromatic nitrogens is 3. The Hall–Kier alpha value is -0.510. The molecule has 1 atom stereocenters. The summed E-state index contributed by atoms with van der Waals surface area (Å²) < 4.78 is 1.66. The molecule has 1 aromatic heterocycles. The van der Waals surface area contributed by atoms with Crippen molar-refractivity contribution in [2.45, 2.75) is 11.7 Å². The molecule has 3 nitrogen and oxygen atoms in total. The maximum absolute atomic E-state index is 4.23. The number of rotatable bonds is 2. The van der Waals surface area contributed by atoms with Crippen LogP contribution in [0.15, 0.2) is 6.33 Å². The molecule has 1 radical (unpaired) electrons. The van der Waals surface area contributed by atoms with Crippen molar-refractivity contribution in [3.05, 3.63) is 19.1 Å². The minimum Gasteiger partial charge on any atom is -0.256 e. The second kappa shape index (κ2) is 3.05. The van der Waals surface area contributed by atoms with Gasteiger partial charge in [-0.2, -0.15) is 17.7 Å². The Kier molecular flexibility index (Phi) is 2.32. The zero-order valence-electron chi connectivity index (χ0n) is 5.86. The van der Waals surface area contributed by atoms with Crippen molar-refractivity contribution >= 4 is 12.6 Å². The largest absolute Gasteiger partial charge is 0.256 e. The zero-order valence-corrected chi connectivity index (χ0v) is 6.75. The molecule has 1 heterocycles. The highest BCUT2D eigenvalue weighted by Gasteiger charge is 2.06. The first-order valence-electron chi connectivity index (χ1n) is 3.07. The van der Waals surface area contributed by atoms with E-state index in [-0.39, 0.29) is 5.25 Å². The Bertz CT molecular complexity index is 209. The summed E-state index contributed by atoms with van der Waals surface area (Å²) in [5.41, 5.74) is 0. The fourth-order valence-corrected chi connectivity index (χ4v) is 0.756. The summed E-state index contributed by atoms with van der Waals surface area (Å²) in [7, 11) is 1.83. The van der Waals surface area contributed by atoms with Gasteiger partial charge in [0.25, 0.3) is 0 Å². The predicted molar refractivity (Wildman–Crippen MR) is 42.7 cm³/mol. The highest BCUT2D eigenvalue weighted by molar-refractivity contribution is 7.80. The summed E-state index contributed by atoms with van der Waals surface area (Å²) in [6, 6.07) is 0. The molecule has 0 spiro atoms. The van der Waals surface area contributed by atoms with E-state index in [1.165, 1.54) is 0 Å². The van der Waals surface area contributed by atoms with E-state index in [1.54, 1.807) is 11.0 Å². The summed E-state index contributed by atoms with van der Waals surface area (Å²) >= 11 is 4.23. The third-order valence-corrected chi connectivity index (χ3v) is 1.68. The molecule has 0 N–H and O–H groups in total. The quantitative estimate of drug-likeness (QED) is 0.648. The van der Waals surface area contributed by atoms with Gasteiger partial charge < -0.3 is 0 Å². The second-order valence-corrected chi connectivity index (χ2v) is 2.70. The molecular formula is C6H10N3S. The molecular weight excluding hydrogens is 146 g/mol. The lowest BCUT2D eigenvalue weighted by Gasteiger charge is -1.98. The predicted octanol–water partition coefficient (Wildman–Crippen LogP) is 1.01. The average molecular weight is 156 g/mol. The molecule has 0 aromatic carbocycles. The third-order valence-electron chi connectivity index (χ3n) is 1.19. The van der Waals surface area contributed by atoms with Gasteiger partial charge in [-0.3, -0.25) is 4.68 Å². The van der Waals surface area contributed by atoms with Crippen molar-refractivity contribution < 1.29 is 0 Å². The Balaban J connectivity index is 2.74. The van der Waals surface area contributed by atoms with Gasteiger partial charge in [-0.1, -0.05) is 6.92 Å². The molecule has 1 unspecified atom stereocenters. The average Bonchev–Trinajstić information content (AvgIpc) is 2.34. The molecule has 0 aliphatic carbocycles. The maximum Gasteiger partial charge on any atom is 0.163 e. The third kappa shape index (κ3) is 1.50. The zero-order chi connectivity index (χ0) is 7.56. The maximum atomic E-state index is 4.23. The van der Waals surface area contributed by atoms with Gasteiger partial charge in [-0.15, -0.1) is 0 Å². The van der Waals surface area contributed by atoms with Gasteiger partial charge in [0.1, 0.15) is 6.33 Å². The summed E-state index contributed by atoms with van der Waals surface area (Å²) in [6.07, 6.45) is 2.38. The number of aryl methyl sites for hydroxylation is 1. The van der Waals surface area contributed by atoms with Crippen LogP contribution in [-0.4, -0.2) is 14.8 Å². The SMILES string of the molecule is [CH2]CC(S)c1ncn(C)n1. The van der Waals surface area contributed by atoms with Crippen molar-refractivity contribution in [3.8, 4) is 0 Å². The van der Waals surface area contributed by atoms with Crippen molar-refractivity contribution in [1.82, 2.24) is 14.8 Å². The van der Waals surface area contributed by atoms with Crippen LogP contribution in [-0.2, 0) is 7.05 Å². The molecule has 55 valence electrons. The molecule has 0 aliphatic heterocycles. The van der Waals surface area contributed by atoms with Crippen molar-refractivity contribution in [3.63, 3.8) is 0 Å². The number of hydrogen-bond donors (Lipinski definition) is 1. The smallest absolute Gasteiger partial charge is 0.163 e. The van der Waals surface area contributed by atoms with Crippen molar-refractivity contribution in [1.29, 1.82) is 0 Å². The monoisotopic (exact) mass is 156 g/mol. The normalized spacial score (nSPS) is 13.5. The molecule has 0 aliphatic rings. The van der Waals surface area contributed by atoms with Crippen LogP contribution in [0.5, 0.6) is 0 Å². The molecule has 0 amide bonds. The minimum atomic E-state index is 0.0706. The second-order valence-electron chi connectivity index (χ2n) is 2.08. The highest BCUT2D eigenvalue weighted by atomic mass is 32.1. The van der Waals surface area contributed by atoms with E-state index in [0.717, 1.165) is 5.82 Å². The number of thiol groups is 1. The molecule has 1 aromatic rings. The van der Waals surface area contributed by atoms with Crippen LogP contribution in [0.3, 0.4) is 0 Å². The molecule has 0 saturated heterocycles. The van der Waals surface area contributed by atoms with Gasteiger partial charge in [0.05, 0.1) is 5.25 Å². The lowest BCUT2D eigenvalue weighted by Crippen LogP contribution is -1.94. The van der Waals surface area contributed by atoms with Crippen LogP contribution in [0.2, 0.25) is 0 Å². The number of hydrogen-bond acceptors (Lipinski definition) is 3. The van der Waals surface area contributed by atoms with E-state index < -0.39 is 0 Å². The molecule has 10 heavy (non-hydrogen) atoms. The van der Waals surface area contributed by atoms with Crippen LogP contribution < -0.4 is 0 Å². The van der Waals surface area contributed by atoms with Gasteiger partial charge in [0, 0.05) is 7.05 Å². The van der Waals surface area contributed by atoms with Gasteiger partial charge >= 0.3 is 0 Å². The topological polar surface area (TPSA) is 30.7 Å². The summed E-state index contributed by atoms with van der Waals surface area (Å²) in [5, 5.41) is 4.14. The van der Waals surface area contributed by atoms with E-state index in [0.29, 0.717) is 6.42 Å². The van der Waals surface area contributed by atoms with Crippen LogP contribution in [0.4, 0.5) is 0 Å². The Morgan fingerprint density at radius 3 is 3.00 bits per heavy atom. The van der Waals surface area contributed by atoms with Crippen molar-refractivity contribution in [2.24, 2.45) is 7.05 Å². The van der Waals surface area contributed by atoms with Gasteiger partial charge in [0.2, 0.25) is 0 Å². The lowest BCUT2D eigenvalue weighted by atomic mass is 10.3. The highest BCUT2D eigenvalue weighted by Crippen LogP contribution is 2.17. The first-order chi connectivity index (χ1) is 4.74. The fraction of sp³-hybridized carbons (Fsp3) is 0.500. The molecule has 0 saturated carbocycles. The first-order valence-corrected chi connectivity index (χ1v) is 3.58. The van der Waals surface area contributed by atoms with E-state index >= 15 is 0 Å². The summed E-state index contributed by atoms with van der Waals surface area (Å²) in [5.74, 6) is 0.751. The molecule has 0 bridgehead atoms. The van der Waals surface area contributed by atoms with Crippen LogP contribution >= 0.6 is 12.6 Å². The first kappa shape index (κ1) is 7.60. The van der Waals surface area contributed by atoms with Gasteiger partial charge in [0.15, 0.2) is 5.82 Å². The van der Waals surface area contributed by atoms with Gasteiger partial charge in [-0.05, 0) is 6.42 Å². The Morgan fingerprint density at radius 1 is 1.90 bits per heavy atom. The standard InChI is InChI=1S/C6H10N3S/c1-3-5(10)6-7-4-9(2)8-6/h4-5,10H,1,3H2,2H3. The van der Waals surface area contributed by atoms with E-state index in [9.17, 15) is 0 Å². The Morgan fingerprint density at radius 2 is 2.60 bits per heavy atom. The fourth-order valence-electron chi connectivity index (χ4n) is 0.638. The number of nitrogens with zero attached hydrogens (tertiary/aromatic N) is 3. The molecule has 1 rings (SSSR count). The minimum absolute atomic E-state index is 0.0706. The lowest BCUT2D eigenvalue weighted by molar-refractivity contribution is 0.736. The van der Waals surface area contributed by atoms with Crippen molar-refractivity contribution in [2.75, 3.05) is 0 Å². The molecule has 4 heteroatoms. The van der Waals surface area contributed by atoms with E-state index in [2.05, 4.69) is 29.6 Å². The summed E-state index contributed by atoms with van der Waals surface area (Å²) in [6.45, 7) is 3.71. The van der Waals surface area contributed by atoms with Crippen LogP contribution in [0, 0.1) is 6.92 Å². The van der Waals surface area contributed by atoms with E-state index in [1.807, 2.05) is 7.05 Å². The molecule has 0 fully saturated rings. The van der Waals surface area contributed by atoms with Crippen LogP contribution in [0.25, 0.3) is 0 Å².